The molecule has 0 spiro atoms. The Kier molecular flexibility index (Phi) is 3.63. The summed E-state index contributed by atoms with van der Waals surface area (Å²) in [5.74, 6) is 0.593. The van der Waals surface area contributed by atoms with E-state index in [0.29, 0.717) is 5.92 Å². The van der Waals surface area contributed by atoms with Crippen LogP contribution in [0.15, 0.2) is 42.5 Å². The molecule has 0 aliphatic carbocycles. The molecule has 17 heavy (non-hydrogen) atoms. The van der Waals surface area contributed by atoms with Crippen LogP contribution in [0.25, 0.3) is 11.1 Å². The minimum absolute atomic E-state index is 0.593. The SMILES string of the molecule is CCc1cc[c]c(-c2ccc(C(C)C)cc2)c1. The van der Waals surface area contributed by atoms with Gasteiger partial charge in [-0.2, -0.15) is 0 Å². The molecule has 0 unspecified atom stereocenters. The lowest BCUT2D eigenvalue weighted by Gasteiger charge is -2.07. The number of hydrogen-bond acceptors (Lipinski definition) is 0. The number of aryl methyl sites for hydroxylation is 1. The van der Waals surface area contributed by atoms with Gasteiger partial charge in [-0.1, -0.05) is 63.2 Å². The molecule has 0 aromatic heterocycles. The van der Waals surface area contributed by atoms with Gasteiger partial charge >= 0.3 is 0 Å². The lowest BCUT2D eigenvalue weighted by Crippen LogP contribution is -1.87. The molecule has 0 fully saturated rings. The van der Waals surface area contributed by atoms with Gasteiger partial charge < -0.3 is 0 Å². The summed E-state index contributed by atoms with van der Waals surface area (Å²) in [5, 5.41) is 0. The molecule has 2 aromatic carbocycles. The van der Waals surface area contributed by atoms with Gasteiger partial charge in [0, 0.05) is 0 Å². The van der Waals surface area contributed by atoms with Crippen molar-refractivity contribution < 1.29 is 0 Å². The van der Waals surface area contributed by atoms with Crippen LogP contribution < -0.4 is 0 Å². The Morgan fingerprint density at radius 2 is 1.76 bits per heavy atom. The van der Waals surface area contributed by atoms with E-state index in [1.165, 1.54) is 22.3 Å². The van der Waals surface area contributed by atoms with Crippen molar-refractivity contribution in [1.82, 2.24) is 0 Å². The summed E-state index contributed by atoms with van der Waals surface area (Å²) < 4.78 is 0. The van der Waals surface area contributed by atoms with E-state index in [1.54, 1.807) is 0 Å². The van der Waals surface area contributed by atoms with Gasteiger partial charge in [0.25, 0.3) is 0 Å². The topological polar surface area (TPSA) is 0 Å². The zero-order valence-electron chi connectivity index (χ0n) is 10.8. The normalized spacial score (nSPS) is 10.8. The van der Waals surface area contributed by atoms with Crippen molar-refractivity contribution in [3.8, 4) is 11.1 Å². The number of hydrogen-bond donors (Lipinski definition) is 0. The van der Waals surface area contributed by atoms with E-state index in [2.05, 4.69) is 63.2 Å². The van der Waals surface area contributed by atoms with Crippen LogP contribution in [0.5, 0.6) is 0 Å². The molecular formula is C17H19. The Bertz CT molecular complexity index is 478. The Balaban J connectivity index is 2.32. The van der Waals surface area contributed by atoms with Crippen LogP contribution in [0, 0.1) is 6.07 Å². The Hall–Kier alpha value is -1.56. The fourth-order valence-electron chi connectivity index (χ4n) is 1.95. The predicted molar refractivity (Wildman–Crippen MR) is 74.2 cm³/mol. The van der Waals surface area contributed by atoms with Gasteiger partial charge in [-0.05, 0) is 40.7 Å². The number of rotatable bonds is 3. The molecule has 0 N–H and O–H groups in total. The van der Waals surface area contributed by atoms with Crippen LogP contribution >= 0.6 is 0 Å². The summed E-state index contributed by atoms with van der Waals surface area (Å²) in [7, 11) is 0. The van der Waals surface area contributed by atoms with Crippen molar-refractivity contribution in [3.05, 3.63) is 59.7 Å². The van der Waals surface area contributed by atoms with Gasteiger partial charge in [-0.15, -0.1) is 0 Å². The van der Waals surface area contributed by atoms with Crippen LogP contribution in [0.1, 0.15) is 37.8 Å². The number of benzene rings is 2. The second-order valence-electron chi connectivity index (χ2n) is 4.74. The summed E-state index contributed by atoms with van der Waals surface area (Å²) in [6, 6.07) is 18.5. The van der Waals surface area contributed by atoms with E-state index in [0.717, 1.165) is 6.42 Å². The monoisotopic (exact) mass is 223 g/mol. The summed E-state index contributed by atoms with van der Waals surface area (Å²) in [5.41, 5.74) is 5.21. The molecule has 0 heteroatoms. The highest BCUT2D eigenvalue weighted by molar-refractivity contribution is 5.63. The van der Waals surface area contributed by atoms with Crippen LogP contribution in [0.2, 0.25) is 0 Å². The summed E-state index contributed by atoms with van der Waals surface area (Å²) >= 11 is 0. The van der Waals surface area contributed by atoms with Gasteiger partial charge in [0.2, 0.25) is 0 Å². The van der Waals surface area contributed by atoms with E-state index in [-0.39, 0.29) is 0 Å². The lowest BCUT2D eigenvalue weighted by atomic mass is 9.97. The van der Waals surface area contributed by atoms with Crippen molar-refractivity contribution in [3.63, 3.8) is 0 Å². The highest BCUT2D eigenvalue weighted by atomic mass is 14.1. The molecule has 0 amide bonds. The first-order valence-electron chi connectivity index (χ1n) is 6.31. The molecule has 0 bridgehead atoms. The maximum atomic E-state index is 3.31. The Labute approximate surface area is 104 Å². The van der Waals surface area contributed by atoms with Gasteiger partial charge in [0.1, 0.15) is 0 Å². The maximum Gasteiger partial charge on any atom is -0.00990 e. The molecular weight excluding hydrogens is 204 g/mol. The quantitative estimate of drug-likeness (QED) is 0.698. The first kappa shape index (κ1) is 11.9. The zero-order chi connectivity index (χ0) is 12.3. The molecule has 0 saturated heterocycles. The van der Waals surface area contributed by atoms with E-state index in [1.807, 2.05) is 6.07 Å². The lowest BCUT2D eigenvalue weighted by molar-refractivity contribution is 0.867. The third kappa shape index (κ3) is 2.76. The molecule has 0 saturated carbocycles. The van der Waals surface area contributed by atoms with Crippen LogP contribution in [0.4, 0.5) is 0 Å². The predicted octanol–water partition coefficient (Wildman–Crippen LogP) is 4.84. The molecule has 0 heterocycles. The summed E-state index contributed by atoms with van der Waals surface area (Å²) in [6.07, 6.45) is 1.08. The van der Waals surface area contributed by atoms with Gasteiger partial charge in [0.15, 0.2) is 0 Å². The molecule has 1 radical (unpaired) electrons. The first-order valence-corrected chi connectivity index (χ1v) is 6.31. The maximum absolute atomic E-state index is 3.31. The van der Waals surface area contributed by atoms with E-state index < -0.39 is 0 Å². The molecule has 0 nitrogen and oxygen atoms in total. The van der Waals surface area contributed by atoms with Gasteiger partial charge in [0.05, 0.1) is 0 Å². The second kappa shape index (κ2) is 5.18. The molecule has 0 aliphatic heterocycles. The van der Waals surface area contributed by atoms with Gasteiger partial charge in [-0.25, -0.2) is 0 Å². The highest BCUT2D eigenvalue weighted by Gasteiger charge is 2.01. The molecule has 2 aromatic rings. The van der Waals surface area contributed by atoms with E-state index in [9.17, 15) is 0 Å². The van der Waals surface area contributed by atoms with Crippen LogP contribution in [0.3, 0.4) is 0 Å². The standard InChI is InChI=1S/C17H19/c1-4-14-6-5-7-17(12-14)16-10-8-15(9-11-16)13(2)3/h5-6,8-13H,4H2,1-3H3. The van der Waals surface area contributed by atoms with E-state index in [4.69, 9.17) is 0 Å². The van der Waals surface area contributed by atoms with Crippen molar-refractivity contribution in [2.75, 3.05) is 0 Å². The fraction of sp³-hybridized carbons (Fsp3) is 0.294. The summed E-state index contributed by atoms with van der Waals surface area (Å²) in [4.78, 5) is 0. The average Bonchev–Trinajstić information content (AvgIpc) is 2.39. The van der Waals surface area contributed by atoms with E-state index >= 15 is 0 Å². The minimum atomic E-state index is 0.593. The molecule has 87 valence electrons. The zero-order valence-corrected chi connectivity index (χ0v) is 10.8. The van der Waals surface area contributed by atoms with Crippen molar-refractivity contribution >= 4 is 0 Å². The van der Waals surface area contributed by atoms with Crippen molar-refractivity contribution in [1.29, 1.82) is 0 Å². The second-order valence-corrected chi connectivity index (χ2v) is 4.74. The van der Waals surface area contributed by atoms with Gasteiger partial charge in [-0.3, -0.25) is 0 Å². The largest absolute Gasteiger partial charge is 0.0613 e. The first-order chi connectivity index (χ1) is 8.20. The van der Waals surface area contributed by atoms with Crippen LogP contribution in [-0.2, 0) is 6.42 Å². The minimum Gasteiger partial charge on any atom is -0.0613 e. The molecule has 0 atom stereocenters. The summed E-state index contributed by atoms with van der Waals surface area (Å²) in [6.45, 7) is 6.62. The Morgan fingerprint density at radius 3 is 2.35 bits per heavy atom. The van der Waals surface area contributed by atoms with Crippen LogP contribution in [-0.4, -0.2) is 0 Å². The fourth-order valence-corrected chi connectivity index (χ4v) is 1.95. The van der Waals surface area contributed by atoms with Crippen molar-refractivity contribution in [2.24, 2.45) is 0 Å². The third-order valence-electron chi connectivity index (χ3n) is 3.16. The smallest absolute Gasteiger partial charge is 0.00990 e. The average molecular weight is 223 g/mol. The molecule has 2 rings (SSSR count). The third-order valence-corrected chi connectivity index (χ3v) is 3.16. The molecule has 0 aliphatic rings. The van der Waals surface area contributed by atoms with Crippen molar-refractivity contribution in [2.45, 2.75) is 33.1 Å². The Morgan fingerprint density at radius 1 is 1.06 bits per heavy atom. The highest BCUT2D eigenvalue weighted by Crippen LogP contribution is 2.23.